The number of hydrogen-bond donors (Lipinski definition) is 1. The summed E-state index contributed by atoms with van der Waals surface area (Å²) in [4.78, 5) is 2.75. The maximum Gasteiger partial charge on any atom is 0.00676 e. The van der Waals surface area contributed by atoms with Crippen LogP contribution in [0.15, 0.2) is 0 Å². The van der Waals surface area contributed by atoms with E-state index in [1.165, 1.54) is 71.1 Å². The van der Waals surface area contributed by atoms with Gasteiger partial charge in [0, 0.05) is 19.1 Å². The van der Waals surface area contributed by atoms with Crippen LogP contribution in [0.2, 0.25) is 0 Å². The number of nitrogens with one attached hydrogen (secondary N) is 1. The van der Waals surface area contributed by atoms with Gasteiger partial charge in [0.1, 0.15) is 0 Å². The zero-order chi connectivity index (χ0) is 12.1. The van der Waals surface area contributed by atoms with Gasteiger partial charge in [-0.2, -0.15) is 0 Å². The highest BCUT2D eigenvalue weighted by atomic mass is 15.2. The summed E-state index contributed by atoms with van der Waals surface area (Å²) in [5, 5.41) is 3.68. The monoisotopic (exact) mass is 238 g/mol. The third-order valence-corrected chi connectivity index (χ3v) is 4.82. The summed E-state index contributed by atoms with van der Waals surface area (Å²) in [5.74, 6) is 0. The van der Waals surface area contributed by atoms with Crippen molar-refractivity contribution >= 4 is 0 Å². The smallest absolute Gasteiger partial charge is 0.00676 e. The van der Waals surface area contributed by atoms with Gasteiger partial charge in [-0.25, -0.2) is 0 Å². The molecule has 2 nitrogen and oxygen atoms in total. The standard InChI is InChI=1S/C15H30N2/c1-3-10-16-12-15(8-4-5-9-15)13-17-11-6-7-14(17)2/h14,16H,3-13H2,1-2H3. The van der Waals surface area contributed by atoms with Crippen molar-refractivity contribution in [3.05, 3.63) is 0 Å². The maximum absolute atomic E-state index is 3.68. The maximum atomic E-state index is 3.68. The molecule has 2 rings (SSSR count). The van der Waals surface area contributed by atoms with Gasteiger partial charge in [-0.15, -0.1) is 0 Å². The van der Waals surface area contributed by atoms with Gasteiger partial charge in [0.15, 0.2) is 0 Å². The molecule has 1 N–H and O–H groups in total. The molecule has 1 aliphatic carbocycles. The van der Waals surface area contributed by atoms with Gasteiger partial charge < -0.3 is 10.2 Å². The first-order chi connectivity index (χ1) is 8.26. The Bertz CT molecular complexity index is 221. The molecule has 2 fully saturated rings. The summed E-state index contributed by atoms with van der Waals surface area (Å²) < 4.78 is 0. The molecule has 1 saturated carbocycles. The Hall–Kier alpha value is -0.0800. The van der Waals surface area contributed by atoms with E-state index < -0.39 is 0 Å². The molecule has 1 atom stereocenters. The molecule has 0 radical (unpaired) electrons. The predicted molar refractivity (Wildman–Crippen MR) is 74.3 cm³/mol. The second-order valence-electron chi connectivity index (χ2n) is 6.35. The van der Waals surface area contributed by atoms with Crippen molar-refractivity contribution in [2.45, 2.75) is 64.8 Å². The Balaban J connectivity index is 1.87. The Morgan fingerprint density at radius 2 is 2.00 bits per heavy atom. The van der Waals surface area contributed by atoms with Crippen molar-refractivity contribution in [2.24, 2.45) is 5.41 Å². The molecular weight excluding hydrogens is 208 g/mol. The normalized spacial score (nSPS) is 28.9. The van der Waals surface area contributed by atoms with Crippen molar-refractivity contribution in [1.82, 2.24) is 10.2 Å². The van der Waals surface area contributed by atoms with Crippen LogP contribution < -0.4 is 5.32 Å². The third kappa shape index (κ3) is 3.45. The minimum Gasteiger partial charge on any atom is -0.316 e. The van der Waals surface area contributed by atoms with E-state index in [1.807, 2.05) is 0 Å². The molecule has 1 heterocycles. The lowest BCUT2D eigenvalue weighted by molar-refractivity contribution is 0.144. The average Bonchev–Trinajstić information content (AvgIpc) is 2.91. The van der Waals surface area contributed by atoms with E-state index in [4.69, 9.17) is 0 Å². The zero-order valence-electron chi connectivity index (χ0n) is 11.8. The van der Waals surface area contributed by atoms with Crippen LogP contribution >= 0.6 is 0 Å². The second-order valence-corrected chi connectivity index (χ2v) is 6.35. The number of hydrogen-bond acceptors (Lipinski definition) is 2. The van der Waals surface area contributed by atoms with Crippen molar-refractivity contribution in [2.75, 3.05) is 26.2 Å². The van der Waals surface area contributed by atoms with Crippen molar-refractivity contribution in [3.8, 4) is 0 Å². The molecule has 17 heavy (non-hydrogen) atoms. The fraction of sp³-hybridized carbons (Fsp3) is 1.00. The van der Waals surface area contributed by atoms with Crippen molar-refractivity contribution < 1.29 is 0 Å². The fourth-order valence-electron chi connectivity index (χ4n) is 3.70. The Labute approximate surface area is 107 Å². The summed E-state index contributed by atoms with van der Waals surface area (Å²) in [5.41, 5.74) is 0.605. The third-order valence-electron chi connectivity index (χ3n) is 4.82. The molecule has 100 valence electrons. The van der Waals surface area contributed by atoms with Crippen LogP contribution in [0, 0.1) is 5.41 Å². The first kappa shape index (κ1) is 13.4. The van der Waals surface area contributed by atoms with E-state index >= 15 is 0 Å². The highest BCUT2D eigenvalue weighted by Gasteiger charge is 2.37. The average molecular weight is 238 g/mol. The molecule has 1 aliphatic heterocycles. The van der Waals surface area contributed by atoms with Gasteiger partial charge in [-0.05, 0) is 57.5 Å². The molecule has 2 aliphatic rings. The summed E-state index contributed by atoms with van der Waals surface area (Å²) in [6.07, 6.45) is 9.90. The zero-order valence-corrected chi connectivity index (χ0v) is 11.8. The minimum absolute atomic E-state index is 0.605. The molecule has 0 aromatic heterocycles. The fourth-order valence-corrected chi connectivity index (χ4v) is 3.70. The predicted octanol–water partition coefficient (Wildman–Crippen LogP) is 3.03. The molecule has 0 aromatic carbocycles. The Morgan fingerprint density at radius 3 is 2.59 bits per heavy atom. The lowest BCUT2D eigenvalue weighted by Gasteiger charge is -2.36. The van der Waals surface area contributed by atoms with Gasteiger partial charge in [-0.3, -0.25) is 0 Å². The number of rotatable bonds is 6. The van der Waals surface area contributed by atoms with Gasteiger partial charge in [0.05, 0.1) is 0 Å². The molecule has 0 amide bonds. The van der Waals surface area contributed by atoms with E-state index in [9.17, 15) is 0 Å². The van der Waals surface area contributed by atoms with E-state index in [2.05, 4.69) is 24.1 Å². The summed E-state index contributed by atoms with van der Waals surface area (Å²) in [6, 6.07) is 0.832. The van der Waals surface area contributed by atoms with Crippen LogP contribution in [-0.2, 0) is 0 Å². The molecule has 0 spiro atoms. The van der Waals surface area contributed by atoms with E-state index in [1.54, 1.807) is 0 Å². The highest BCUT2D eigenvalue weighted by molar-refractivity contribution is 4.91. The summed E-state index contributed by atoms with van der Waals surface area (Å²) >= 11 is 0. The van der Waals surface area contributed by atoms with Gasteiger partial charge in [0.25, 0.3) is 0 Å². The first-order valence-electron chi connectivity index (χ1n) is 7.70. The molecule has 0 bridgehead atoms. The SMILES string of the molecule is CCCNCC1(CN2CCCC2C)CCCC1. The molecule has 2 heteroatoms. The summed E-state index contributed by atoms with van der Waals surface area (Å²) in [6.45, 7) is 9.81. The molecule has 1 unspecified atom stereocenters. The van der Waals surface area contributed by atoms with Gasteiger partial charge in [-0.1, -0.05) is 19.8 Å². The van der Waals surface area contributed by atoms with Crippen LogP contribution in [0.5, 0.6) is 0 Å². The van der Waals surface area contributed by atoms with Crippen LogP contribution in [0.4, 0.5) is 0 Å². The highest BCUT2D eigenvalue weighted by Crippen LogP contribution is 2.39. The Kier molecular flexibility index (Phi) is 4.87. The van der Waals surface area contributed by atoms with Crippen LogP contribution in [-0.4, -0.2) is 37.1 Å². The first-order valence-corrected chi connectivity index (χ1v) is 7.70. The van der Waals surface area contributed by atoms with E-state index in [0.29, 0.717) is 5.41 Å². The van der Waals surface area contributed by atoms with Crippen molar-refractivity contribution in [1.29, 1.82) is 0 Å². The number of likely N-dealkylation sites (tertiary alicyclic amines) is 1. The van der Waals surface area contributed by atoms with Crippen LogP contribution in [0.1, 0.15) is 58.8 Å². The largest absolute Gasteiger partial charge is 0.316 e. The van der Waals surface area contributed by atoms with E-state index in [-0.39, 0.29) is 0 Å². The molecular formula is C15H30N2. The molecule has 1 saturated heterocycles. The lowest BCUT2D eigenvalue weighted by atomic mass is 9.85. The summed E-state index contributed by atoms with van der Waals surface area (Å²) in [7, 11) is 0. The minimum atomic E-state index is 0.605. The second kappa shape index (κ2) is 6.19. The van der Waals surface area contributed by atoms with Gasteiger partial charge >= 0.3 is 0 Å². The van der Waals surface area contributed by atoms with Crippen LogP contribution in [0.3, 0.4) is 0 Å². The lowest BCUT2D eigenvalue weighted by Crippen LogP contribution is -2.43. The van der Waals surface area contributed by atoms with Gasteiger partial charge in [0.2, 0.25) is 0 Å². The van der Waals surface area contributed by atoms with E-state index in [0.717, 1.165) is 6.04 Å². The van der Waals surface area contributed by atoms with Crippen LogP contribution in [0.25, 0.3) is 0 Å². The topological polar surface area (TPSA) is 15.3 Å². The number of nitrogens with zero attached hydrogens (tertiary/aromatic N) is 1. The molecule has 0 aromatic rings. The Morgan fingerprint density at radius 1 is 1.24 bits per heavy atom. The van der Waals surface area contributed by atoms with Crippen molar-refractivity contribution in [3.63, 3.8) is 0 Å². The quantitative estimate of drug-likeness (QED) is 0.716.